The molecule has 304 valence electrons. The molecule has 19 heteroatoms. The first-order valence-electron chi connectivity index (χ1n) is 18.0. The van der Waals surface area contributed by atoms with E-state index in [0.717, 1.165) is 50.4 Å². The van der Waals surface area contributed by atoms with E-state index in [9.17, 15) is 24.0 Å². The summed E-state index contributed by atoms with van der Waals surface area (Å²) in [4.78, 5) is 65.4. The molecule has 0 aromatic heterocycles. The minimum Gasteiger partial charge on any atom is -0.461 e. The predicted molar refractivity (Wildman–Crippen MR) is 206 cm³/mol. The summed E-state index contributed by atoms with van der Waals surface area (Å²) < 4.78 is 15.7. The molecule has 55 heavy (non-hydrogen) atoms. The van der Waals surface area contributed by atoms with Gasteiger partial charge in [-0.1, -0.05) is 65.8 Å². The summed E-state index contributed by atoms with van der Waals surface area (Å²) in [6.07, 6.45) is -1.03. The molecular weight excluding hydrogens is 714 g/mol. The van der Waals surface area contributed by atoms with Crippen LogP contribution in [0, 0.1) is 0 Å². The Balaban J connectivity index is 0.000000988. The van der Waals surface area contributed by atoms with Crippen LogP contribution in [0.1, 0.15) is 30.9 Å². The number of nitrogens with two attached hydrogens (primary N) is 2. The van der Waals surface area contributed by atoms with Crippen molar-refractivity contribution >= 4 is 29.7 Å². The number of hydrogen-bond acceptors (Lipinski definition) is 14. The summed E-state index contributed by atoms with van der Waals surface area (Å²) in [5.41, 5.74) is 20.4. The number of nitrogens with one attached hydrogen (secondary N) is 6. The van der Waals surface area contributed by atoms with Crippen LogP contribution >= 0.6 is 0 Å². The lowest BCUT2D eigenvalue weighted by Crippen LogP contribution is -2.55. The largest absolute Gasteiger partial charge is 0.461 e. The van der Waals surface area contributed by atoms with Crippen LogP contribution in [0.15, 0.2) is 65.8 Å². The first-order valence-corrected chi connectivity index (χ1v) is 18.0. The van der Waals surface area contributed by atoms with E-state index in [1.807, 2.05) is 12.1 Å². The van der Waals surface area contributed by atoms with E-state index in [1.54, 1.807) is 48.5 Å². The number of carbonyl (C=O) groups is 5. The van der Waals surface area contributed by atoms with Crippen LogP contribution in [0.3, 0.4) is 0 Å². The summed E-state index contributed by atoms with van der Waals surface area (Å²) in [6, 6.07) is 15.0. The van der Waals surface area contributed by atoms with Gasteiger partial charge in [0, 0.05) is 77.3 Å². The van der Waals surface area contributed by atoms with Gasteiger partial charge >= 0.3 is 11.9 Å². The molecule has 3 amide bonds. The Bertz CT molecular complexity index is 1410. The van der Waals surface area contributed by atoms with Crippen molar-refractivity contribution in [3.8, 4) is 0 Å². The number of hydrogen-bond donors (Lipinski definition) is 8. The molecule has 0 saturated carbocycles. The molecule has 19 nitrogen and oxygen atoms in total. The van der Waals surface area contributed by atoms with Gasteiger partial charge in [-0.3, -0.25) is 24.0 Å². The second kappa shape index (κ2) is 32.3. The third-order valence-corrected chi connectivity index (χ3v) is 7.10. The molecule has 0 aliphatic rings. The summed E-state index contributed by atoms with van der Waals surface area (Å²) in [5.74, 6) is -3.69. The van der Waals surface area contributed by atoms with Crippen LogP contribution in [0.2, 0.25) is 0 Å². The summed E-state index contributed by atoms with van der Waals surface area (Å²) in [5, 5.41) is 20.4. The van der Waals surface area contributed by atoms with E-state index < -0.39 is 54.6 Å². The summed E-state index contributed by atoms with van der Waals surface area (Å²) >= 11 is 0. The van der Waals surface area contributed by atoms with Crippen molar-refractivity contribution in [1.82, 2.24) is 31.9 Å². The van der Waals surface area contributed by atoms with Gasteiger partial charge in [-0.2, -0.15) is 0 Å². The summed E-state index contributed by atoms with van der Waals surface area (Å²) in [6.45, 7) is 8.62. The van der Waals surface area contributed by atoms with Gasteiger partial charge in [0.15, 0.2) is 0 Å². The zero-order valence-electron chi connectivity index (χ0n) is 31.5. The number of amides is 3. The second-order valence-corrected chi connectivity index (χ2v) is 11.7. The minimum atomic E-state index is -1.39. The number of nitrogens with zero attached hydrogens (tertiary/aromatic N) is 3. The normalized spacial score (nSPS) is 11.4. The van der Waals surface area contributed by atoms with Crippen molar-refractivity contribution in [2.24, 2.45) is 16.6 Å². The molecule has 0 fully saturated rings. The van der Waals surface area contributed by atoms with E-state index in [0.29, 0.717) is 13.1 Å². The van der Waals surface area contributed by atoms with Gasteiger partial charge in [-0.25, -0.2) is 0 Å². The smallest absolute Gasteiger partial charge is 0.308 e. The number of rotatable bonds is 28. The maximum Gasteiger partial charge on any atom is 0.308 e. The van der Waals surface area contributed by atoms with Gasteiger partial charge in [-0.05, 0) is 16.7 Å². The van der Waals surface area contributed by atoms with Gasteiger partial charge < -0.3 is 57.6 Å². The Morgan fingerprint density at radius 3 is 1.60 bits per heavy atom. The van der Waals surface area contributed by atoms with Crippen molar-refractivity contribution < 1.29 is 38.2 Å². The highest BCUT2D eigenvalue weighted by Crippen LogP contribution is 2.07. The van der Waals surface area contributed by atoms with Gasteiger partial charge in [0.25, 0.3) is 0 Å². The number of carbonyl (C=O) groups excluding carboxylic acids is 5. The van der Waals surface area contributed by atoms with E-state index in [2.05, 4.69) is 41.9 Å². The third kappa shape index (κ3) is 26.3. The van der Waals surface area contributed by atoms with Crippen molar-refractivity contribution in [2.75, 3.05) is 78.7 Å². The van der Waals surface area contributed by atoms with Gasteiger partial charge in [-0.15, -0.1) is 0 Å². The maximum absolute atomic E-state index is 13.1. The Labute approximate surface area is 322 Å². The van der Waals surface area contributed by atoms with Crippen molar-refractivity contribution in [2.45, 2.75) is 45.1 Å². The third-order valence-electron chi connectivity index (χ3n) is 7.10. The van der Waals surface area contributed by atoms with Crippen LogP contribution in [-0.4, -0.2) is 120 Å². The van der Waals surface area contributed by atoms with Crippen LogP contribution in [0.4, 0.5) is 0 Å². The van der Waals surface area contributed by atoms with Crippen molar-refractivity contribution in [1.29, 1.82) is 0 Å². The molecule has 2 aromatic carbocycles. The Hall–Kier alpha value is -5.14. The number of ether oxygens (including phenoxy) is 3. The van der Waals surface area contributed by atoms with Crippen LogP contribution in [-0.2, 0) is 51.4 Å². The fraction of sp³-hybridized carbons (Fsp3) is 0.528. The molecule has 0 spiro atoms. The molecule has 0 saturated heterocycles. The zero-order chi connectivity index (χ0) is 40.4. The van der Waals surface area contributed by atoms with E-state index in [-0.39, 0.29) is 39.5 Å². The molecule has 2 atom stereocenters. The first-order chi connectivity index (χ1) is 26.7. The van der Waals surface area contributed by atoms with Crippen LogP contribution in [0.25, 0.3) is 10.4 Å². The average Bonchev–Trinajstić information content (AvgIpc) is 3.18. The van der Waals surface area contributed by atoms with Gasteiger partial charge in [0.2, 0.25) is 17.7 Å². The molecule has 0 aliphatic carbocycles. The summed E-state index contributed by atoms with van der Waals surface area (Å²) in [7, 11) is 0. The van der Waals surface area contributed by atoms with Crippen LogP contribution < -0.4 is 43.4 Å². The molecule has 0 unspecified atom stereocenters. The fourth-order valence-corrected chi connectivity index (χ4v) is 4.42. The van der Waals surface area contributed by atoms with Crippen LogP contribution in [0.5, 0.6) is 0 Å². The lowest BCUT2D eigenvalue weighted by Gasteiger charge is -2.22. The standard InChI is InChI=1S/C28H34N6O8.C8H23N5/c1-20(35)32-24(17-26(37)42-19-22-10-6-3-7-11-22)28(39)33-23(27(38)30-12-14-40-15-13-31-34-29)16-25(36)41-18-21-8-4-2-5-9-21;9-1-3-11-5-7-13-8-6-12-4-2-10/h2-11,23-24H,12-19H2,1H3,(H,30,38)(H,32,35)(H,33,39);11-13H,1-10H2/t23-,24+;/m0./s1. The topological polar surface area (TPSA) is 286 Å². The second-order valence-electron chi connectivity index (χ2n) is 11.7. The highest BCUT2D eigenvalue weighted by Gasteiger charge is 2.30. The monoisotopic (exact) mass is 771 g/mol. The minimum absolute atomic E-state index is 0.0292. The Morgan fingerprint density at radius 2 is 1.15 bits per heavy atom. The van der Waals surface area contributed by atoms with E-state index in [4.69, 9.17) is 31.2 Å². The Morgan fingerprint density at radius 1 is 0.673 bits per heavy atom. The highest BCUT2D eigenvalue weighted by atomic mass is 16.5. The molecule has 2 rings (SSSR count). The predicted octanol–water partition coefficient (Wildman–Crippen LogP) is -0.641. The first kappa shape index (κ1) is 47.9. The average molecular weight is 772 g/mol. The number of benzene rings is 2. The van der Waals surface area contributed by atoms with Crippen molar-refractivity contribution in [3.05, 3.63) is 82.2 Å². The lowest BCUT2D eigenvalue weighted by molar-refractivity contribution is -0.149. The lowest BCUT2D eigenvalue weighted by atomic mass is 10.1. The Kier molecular flexibility index (Phi) is 28.1. The molecular formula is C36H57N11O8. The number of azide groups is 1. The number of esters is 2. The zero-order valence-corrected chi connectivity index (χ0v) is 31.5. The quantitative estimate of drug-likeness (QED) is 0.0176. The molecule has 0 aliphatic heterocycles. The molecule has 0 heterocycles. The SMILES string of the molecule is CC(=O)N[C@H](CC(=O)OCc1ccccc1)C(=O)N[C@@H](CC(=O)OCc1ccccc1)C(=O)NCCOCCN=[N+]=[N-].NCCNCCNCCNCCN. The highest BCUT2D eigenvalue weighted by molar-refractivity contribution is 5.95. The van der Waals surface area contributed by atoms with Crippen molar-refractivity contribution in [3.63, 3.8) is 0 Å². The molecule has 2 aromatic rings. The van der Waals surface area contributed by atoms with Gasteiger partial charge in [0.1, 0.15) is 25.3 Å². The van der Waals surface area contributed by atoms with E-state index in [1.165, 1.54) is 6.92 Å². The fourth-order valence-electron chi connectivity index (χ4n) is 4.42. The molecule has 10 N–H and O–H groups in total. The molecule has 0 radical (unpaired) electrons. The molecule has 0 bridgehead atoms. The van der Waals surface area contributed by atoms with E-state index >= 15 is 0 Å². The van der Waals surface area contributed by atoms with Gasteiger partial charge in [0.05, 0.1) is 26.1 Å². The maximum atomic E-state index is 13.1.